The number of anilines is 1. The third-order valence-corrected chi connectivity index (χ3v) is 3.08. The quantitative estimate of drug-likeness (QED) is 0.835. The van der Waals surface area contributed by atoms with Crippen molar-refractivity contribution in [2.45, 2.75) is 32.7 Å². The van der Waals surface area contributed by atoms with Crippen LogP contribution in [-0.4, -0.2) is 35.6 Å². The van der Waals surface area contributed by atoms with Gasteiger partial charge in [0, 0.05) is 31.5 Å². The van der Waals surface area contributed by atoms with Crippen molar-refractivity contribution < 1.29 is 0 Å². The molecule has 1 aromatic heterocycles. The van der Waals surface area contributed by atoms with Gasteiger partial charge < -0.3 is 10.2 Å². The van der Waals surface area contributed by atoms with Gasteiger partial charge in [-0.1, -0.05) is 0 Å². The molecule has 1 fully saturated rings. The molecule has 1 unspecified atom stereocenters. The Morgan fingerprint density at radius 3 is 2.75 bits per heavy atom. The smallest absolute Gasteiger partial charge is 0.225 e. The molecule has 4 nitrogen and oxygen atoms in total. The summed E-state index contributed by atoms with van der Waals surface area (Å²) in [6.45, 7) is 7.34. The highest BCUT2D eigenvalue weighted by molar-refractivity contribution is 5.31. The van der Waals surface area contributed by atoms with E-state index in [2.05, 4.69) is 27.1 Å². The summed E-state index contributed by atoms with van der Waals surface area (Å²) < 4.78 is 0. The maximum atomic E-state index is 4.41. The summed E-state index contributed by atoms with van der Waals surface area (Å²) in [5.74, 6) is 0.863. The van der Waals surface area contributed by atoms with Crippen molar-refractivity contribution >= 4 is 5.95 Å². The van der Waals surface area contributed by atoms with E-state index in [0.29, 0.717) is 6.04 Å². The molecule has 1 N–H and O–H groups in total. The fourth-order valence-electron chi connectivity index (χ4n) is 2.20. The molecule has 0 saturated carbocycles. The van der Waals surface area contributed by atoms with Gasteiger partial charge in [-0.3, -0.25) is 0 Å². The molecular weight excluding hydrogens is 200 g/mol. The van der Waals surface area contributed by atoms with Crippen LogP contribution in [0, 0.1) is 6.92 Å². The number of piperidine rings is 1. The molecule has 88 valence electrons. The van der Waals surface area contributed by atoms with Crippen molar-refractivity contribution in [3.05, 3.63) is 18.0 Å². The van der Waals surface area contributed by atoms with Gasteiger partial charge >= 0.3 is 0 Å². The maximum absolute atomic E-state index is 4.41. The van der Waals surface area contributed by atoms with Crippen LogP contribution in [0.25, 0.3) is 0 Å². The van der Waals surface area contributed by atoms with Crippen LogP contribution < -0.4 is 10.2 Å². The molecule has 0 spiro atoms. The number of hydrogen-bond acceptors (Lipinski definition) is 4. The Labute approximate surface area is 97.1 Å². The monoisotopic (exact) mass is 220 g/mol. The van der Waals surface area contributed by atoms with E-state index >= 15 is 0 Å². The van der Waals surface area contributed by atoms with Crippen LogP contribution in [0.5, 0.6) is 0 Å². The molecule has 4 heteroatoms. The molecule has 0 aromatic carbocycles. The molecule has 0 bridgehead atoms. The Morgan fingerprint density at radius 1 is 1.44 bits per heavy atom. The summed E-state index contributed by atoms with van der Waals surface area (Å²) >= 11 is 0. The second kappa shape index (κ2) is 5.25. The number of nitrogens with zero attached hydrogens (tertiary/aromatic N) is 3. The summed E-state index contributed by atoms with van der Waals surface area (Å²) in [5.41, 5.74) is 1.11. The number of rotatable bonds is 3. The van der Waals surface area contributed by atoms with E-state index in [1.807, 2.05) is 19.3 Å². The van der Waals surface area contributed by atoms with E-state index in [0.717, 1.165) is 31.1 Å². The lowest BCUT2D eigenvalue weighted by Crippen LogP contribution is -2.46. The Bertz CT molecular complexity index is 316. The van der Waals surface area contributed by atoms with Gasteiger partial charge in [-0.15, -0.1) is 0 Å². The highest BCUT2D eigenvalue weighted by Gasteiger charge is 2.21. The van der Waals surface area contributed by atoms with E-state index in [1.165, 1.54) is 12.8 Å². The summed E-state index contributed by atoms with van der Waals surface area (Å²) in [7, 11) is 0. The van der Waals surface area contributed by atoms with Crippen molar-refractivity contribution in [3.8, 4) is 0 Å². The Kier molecular flexibility index (Phi) is 3.72. The number of aromatic nitrogens is 2. The Morgan fingerprint density at radius 2 is 2.19 bits per heavy atom. The average Bonchev–Trinajstić information content (AvgIpc) is 2.34. The van der Waals surface area contributed by atoms with Crippen molar-refractivity contribution in [1.29, 1.82) is 0 Å². The van der Waals surface area contributed by atoms with E-state index < -0.39 is 0 Å². The van der Waals surface area contributed by atoms with Crippen molar-refractivity contribution in [3.63, 3.8) is 0 Å². The molecule has 0 aliphatic carbocycles. The average molecular weight is 220 g/mol. The van der Waals surface area contributed by atoms with Crippen LogP contribution in [0.2, 0.25) is 0 Å². The second-order valence-corrected chi connectivity index (χ2v) is 4.35. The van der Waals surface area contributed by atoms with Crippen LogP contribution in [0.4, 0.5) is 5.95 Å². The molecular formula is C12H20N4. The zero-order valence-corrected chi connectivity index (χ0v) is 10.1. The molecule has 16 heavy (non-hydrogen) atoms. The Hall–Kier alpha value is -1.16. The second-order valence-electron chi connectivity index (χ2n) is 4.35. The maximum Gasteiger partial charge on any atom is 0.225 e. The van der Waals surface area contributed by atoms with Gasteiger partial charge in [0.25, 0.3) is 0 Å². The lowest BCUT2D eigenvalue weighted by molar-refractivity contribution is 0.431. The largest absolute Gasteiger partial charge is 0.337 e. The van der Waals surface area contributed by atoms with Crippen LogP contribution in [0.1, 0.15) is 25.3 Å². The van der Waals surface area contributed by atoms with Gasteiger partial charge in [0.15, 0.2) is 0 Å². The molecule has 0 radical (unpaired) electrons. The van der Waals surface area contributed by atoms with Crippen LogP contribution in [0.3, 0.4) is 0 Å². The first kappa shape index (κ1) is 11.3. The fraction of sp³-hybridized carbons (Fsp3) is 0.667. The molecule has 1 aromatic rings. The van der Waals surface area contributed by atoms with Crippen LogP contribution in [-0.2, 0) is 0 Å². The zero-order valence-electron chi connectivity index (χ0n) is 10.1. The summed E-state index contributed by atoms with van der Waals surface area (Å²) in [6, 6.07) is 0.543. The van der Waals surface area contributed by atoms with Crippen molar-refractivity contribution in [1.82, 2.24) is 15.3 Å². The number of hydrogen-bond donors (Lipinski definition) is 1. The minimum Gasteiger partial charge on any atom is -0.337 e. The van der Waals surface area contributed by atoms with E-state index in [1.54, 1.807) is 0 Å². The van der Waals surface area contributed by atoms with E-state index in [4.69, 9.17) is 0 Å². The highest BCUT2D eigenvalue weighted by Crippen LogP contribution is 2.15. The first-order valence-corrected chi connectivity index (χ1v) is 6.07. The van der Waals surface area contributed by atoms with E-state index in [9.17, 15) is 0 Å². The minimum atomic E-state index is 0.543. The molecule has 0 amide bonds. The van der Waals surface area contributed by atoms with Gasteiger partial charge in [-0.2, -0.15) is 0 Å². The number of aryl methyl sites for hydroxylation is 1. The third-order valence-electron chi connectivity index (χ3n) is 3.08. The molecule has 1 atom stereocenters. The third kappa shape index (κ3) is 2.50. The van der Waals surface area contributed by atoms with E-state index in [-0.39, 0.29) is 0 Å². The number of likely N-dealkylation sites (N-methyl/N-ethyl adjacent to an activating group) is 1. The van der Waals surface area contributed by atoms with Gasteiger partial charge in [0.05, 0.1) is 0 Å². The minimum absolute atomic E-state index is 0.543. The van der Waals surface area contributed by atoms with Gasteiger partial charge in [0.2, 0.25) is 5.95 Å². The molecule has 2 rings (SSSR count). The van der Waals surface area contributed by atoms with Gasteiger partial charge in [0.1, 0.15) is 0 Å². The van der Waals surface area contributed by atoms with Crippen molar-refractivity contribution in [2.75, 3.05) is 24.5 Å². The normalized spacial score (nSPS) is 20.8. The molecule has 2 heterocycles. The van der Waals surface area contributed by atoms with Crippen molar-refractivity contribution in [2.24, 2.45) is 0 Å². The SMILES string of the molecule is CCN(c1ncc(C)cn1)C1CCCNC1. The van der Waals surface area contributed by atoms with Gasteiger partial charge in [-0.05, 0) is 38.8 Å². The standard InChI is InChI=1S/C12H20N4/c1-3-16(11-5-4-6-13-9-11)12-14-7-10(2)8-15-12/h7-8,11,13H,3-6,9H2,1-2H3. The first-order chi connectivity index (χ1) is 7.81. The molecule has 1 aliphatic rings. The summed E-state index contributed by atoms with van der Waals surface area (Å²) in [4.78, 5) is 11.1. The lowest BCUT2D eigenvalue weighted by Gasteiger charge is -2.33. The predicted molar refractivity (Wildman–Crippen MR) is 65.7 cm³/mol. The first-order valence-electron chi connectivity index (χ1n) is 6.07. The predicted octanol–water partition coefficient (Wildman–Crippen LogP) is 1.36. The number of nitrogens with one attached hydrogen (secondary N) is 1. The fourth-order valence-corrected chi connectivity index (χ4v) is 2.20. The molecule has 1 aliphatic heterocycles. The Balaban J connectivity index is 2.11. The zero-order chi connectivity index (χ0) is 11.4. The van der Waals surface area contributed by atoms with Gasteiger partial charge in [-0.25, -0.2) is 9.97 Å². The lowest BCUT2D eigenvalue weighted by atomic mass is 10.1. The molecule has 1 saturated heterocycles. The van der Waals surface area contributed by atoms with Crippen LogP contribution >= 0.6 is 0 Å². The topological polar surface area (TPSA) is 41.1 Å². The highest BCUT2D eigenvalue weighted by atomic mass is 15.3. The van der Waals surface area contributed by atoms with Crippen LogP contribution in [0.15, 0.2) is 12.4 Å². The summed E-state index contributed by atoms with van der Waals surface area (Å²) in [6.07, 6.45) is 6.26. The summed E-state index contributed by atoms with van der Waals surface area (Å²) in [5, 5.41) is 3.43.